The van der Waals surface area contributed by atoms with E-state index >= 15 is 0 Å². The zero-order valence-electron chi connectivity index (χ0n) is 30.9. The Bertz CT molecular complexity index is 1370. The van der Waals surface area contributed by atoms with E-state index in [1.54, 1.807) is 0 Å². The molecule has 0 saturated carbocycles. The maximum Gasteiger partial charge on any atom is 0.326 e. The van der Waals surface area contributed by atoms with Gasteiger partial charge in [-0.25, -0.2) is 4.79 Å². The summed E-state index contributed by atoms with van der Waals surface area (Å²) in [6.07, 6.45) is -3.27. The molecule has 0 radical (unpaired) electrons. The van der Waals surface area contributed by atoms with Gasteiger partial charge >= 0.3 is 11.9 Å². The Kier molecular flexibility index (Phi) is 19.9. The monoisotopic (exact) mass is 772 g/mol. The lowest BCUT2D eigenvalue weighted by atomic mass is 10.0. The second-order valence-electron chi connectivity index (χ2n) is 13.5. The predicted molar refractivity (Wildman–Crippen MR) is 191 cm³/mol. The third-order valence-corrected chi connectivity index (χ3v) is 8.29. The molecule has 15 N–H and O–H groups in total. The molecular formula is C32H56N10O12. The van der Waals surface area contributed by atoms with Crippen molar-refractivity contribution in [1.82, 2.24) is 31.5 Å². The minimum Gasteiger partial charge on any atom is -0.481 e. The highest BCUT2D eigenvalue weighted by Gasteiger charge is 2.39. The van der Waals surface area contributed by atoms with E-state index in [0.29, 0.717) is 12.8 Å². The van der Waals surface area contributed by atoms with Crippen LogP contribution in [0.4, 0.5) is 0 Å². The van der Waals surface area contributed by atoms with Gasteiger partial charge in [-0.15, -0.1) is 0 Å². The number of aliphatic carboxylic acids is 2. The number of guanidine groups is 1. The quantitative estimate of drug-likeness (QED) is 0.0263. The van der Waals surface area contributed by atoms with E-state index in [-0.39, 0.29) is 44.2 Å². The number of carboxylic acid groups (broad SMARTS) is 2. The van der Waals surface area contributed by atoms with Crippen LogP contribution in [0.2, 0.25) is 0 Å². The fourth-order valence-corrected chi connectivity index (χ4v) is 5.51. The van der Waals surface area contributed by atoms with E-state index in [1.807, 2.05) is 13.8 Å². The molecule has 0 aromatic carbocycles. The molecule has 0 bridgehead atoms. The van der Waals surface area contributed by atoms with Crippen LogP contribution in [-0.4, -0.2) is 147 Å². The number of nitrogens with two attached hydrogens (primary N) is 3. The van der Waals surface area contributed by atoms with Gasteiger partial charge in [0.05, 0.1) is 24.8 Å². The van der Waals surface area contributed by atoms with E-state index in [9.17, 15) is 58.8 Å². The second kappa shape index (κ2) is 22.9. The van der Waals surface area contributed by atoms with Gasteiger partial charge in [0, 0.05) is 19.5 Å². The Hall–Kier alpha value is -5.09. The number of aliphatic hydroxyl groups excluding tert-OH is 2. The molecule has 22 nitrogen and oxygen atoms in total. The van der Waals surface area contributed by atoms with Crippen LogP contribution in [-0.2, 0) is 38.4 Å². The summed E-state index contributed by atoms with van der Waals surface area (Å²) in [7, 11) is 0. The van der Waals surface area contributed by atoms with Crippen molar-refractivity contribution in [2.24, 2.45) is 28.1 Å². The highest BCUT2D eigenvalue weighted by Crippen LogP contribution is 2.20. The topological polar surface area (TPSA) is 371 Å². The summed E-state index contributed by atoms with van der Waals surface area (Å²) in [4.78, 5) is 106. The van der Waals surface area contributed by atoms with Gasteiger partial charge in [-0.05, 0) is 58.3 Å². The SMILES string of the molecule is CC(C)C[C@H](N)C(=O)NCC(=O)N[C@@H](CCC(=O)O)C(=O)N[C@H](C(=O)N[C@H](C(=O)N[C@@H](CCCN=C(N)N)C(=O)N1CCC[C@H]1C(=O)O)[C@@H](C)O)[C@@H](C)O. The van der Waals surface area contributed by atoms with E-state index in [2.05, 4.69) is 31.6 Å². The normalized spacial score (nSPS) is 17.8. The number of likely N-dealkylation sites (tertiary alicyclic amines) is 1. The van der Waals surface area contributed by atoms with Gasteiger partial charge in [0.25, 0.3) is 0 Å². The molecule has 8 atom stereocenters. The molecule has 1 heterocycles. The summed E-state index contributed by atoms with van der Waals surface area (Å²) < 4.78 is 0. The van der Waals surface area contributed by atoms with Gasteiger partial charge in [0.2, 0.25) is 35.4 Å². The zero-order chi connectivity index (χ0) is 41.3. The van der Waals surface area contributed by atoms with Crippen LogP contribution < -0.4 is 43.8 Å². The summed E-state index contributed by atoms with van der Waals surface area (Å²) in [5.74, 6) is -8.27. The first kappa shape index (κ1) is 46.9. The van der Waals surface area contributed by atoms with Crippen molar-refractivity contribution >= 4 is 53.3 Å². The smallest absolute Gasteiger partial charge is 0.326 e. The van der Waals surface area contributed by atoms with Crippen molar-refractivity contribution < 1.29 is 58.8 Å². The zero-order valence-corrected chi connectivity index (χ0v) is 30.9. The van der Waals surface area contributed by atoms with Crippen molar-refractivity contribution in [3.05, 3.63) is 0 Å². The molecular weight excluding hydrogens is 716 g/mol. The van der Waals surface area contributed by atoms with E-state index in [0.717, 1.165) is 18.7 Å². The summed E-state index contributed by atoms with van der Waals surface area (Å²) in [5, 5.41) is 51.1. The average Bonchev–Trinajstić information content (AvgIpc) is 3.57. The Morgan fingerprint density at radius 3 is 1.89 bits per heavy atom. The number of hydrogen-bond acceptors (Lipinski definition) is 12. The largest absolute Gasteiger partial charge is 0.481 e. The van der Waals surface area contributed by atoms with Crippen LogP contribution in [0.25, 0.3) is 0 Å². The van der Waals surface area contributed by atoms with E-state index in [1.165, 1.54) is 0 Å². The van der Waals surface area contributed by atoms with Crippen LogP contribution >= 0.6 is 0 Å². The fraction of sp³-hybridized carbons (Fsp3) is 0.719. The van der Waals surface area contributed by atoms with Crippen LogP contribution in [0.3, 0.4) is 0 Å². The number of nitrogens with one attached hydrogen (secondary N) is 5. The Labute approximate surface area is 312 Å². The van der Waals surface area contributed by atoms with Crippen molar-refractivity contribution in [3.8, 4) is 0 Å². The maximum absolute atomic E-state index is 13.5. The minimum atomic E-state index is -1.82. The average molecular weight is 773 g/mol. The molecule has 6 amide bonds. The van der Waals surface area contributed by atoms with Gasteiger partial charge in [0.15, 0.2) is 5.96 Å². The molecule has 0 aromatic rings. The molecule has 0 aromatic heterocycles. The molecule has 306 valence electrons. The third-order valence-electron chi connectivity index (χ3n) is 8.29. The summed E-state index contributed by atoms with van der Waals surface area (Å²) in [6, 6.07) is -8.52. The first-order chi connectivity index (χ1) is 25.2. The standard InChI is InChI=1S/C32H56N10O12/c1-15(2)13-18(33)26(48)37-14-22(45)38-19(9-10-23(46)47)27(49)40-25(17(4)44)29(51)41-24(16(3)43)28(50)39-20(7-5-11-36-32(34)35)30(52)42-12-6-8-21(42)31(53)54/h15-21,24-25,43-44H,5-14,33H2,1-4H3,(H,37,48)(H,38,45)(H,39,50)(H,40,49)(H,41,51)(H,46,47)(H,53,54)(H4,34,35,36)/t16-,17-,18+,19+,20+,21+,24+,25+/m1/s1. The molecule has 0 aliphatic carbocycles. The van der Waals surface area contributed by atoms with Crippen molar-refractivity contribution in [2.75, 3.05) is 19.6 Å². The lowest BCUT2D eigenvalue weighted by Crippen LogP contribution is -2.63. The number of rotatable bonds is 23. The van der Waals surface area contributed by atoms with Crippen LogP contribution in [0.1, 0.15) is 72.6 Å². The number of carbonyl (C=O) groups excluding carboxylic acids is 6. The maximum atomic E-state index is 13.5. The fourth-order valence-electron chi connectivity index (χ4n) is 5.51. The minimum absolute atomic E-state index is 0.0606. The highest BCUT2D eigenvalue weighted by molar-refractivity contribution is 5.97. The van der Waals surface area contributed by atoms with Crippen LogP contribution in [0, 0.1) is 5.92 Å². The van der Waals surface area contributed by atoms with Gasteiger partial charge < -0.3 is 69.1 Å². The number of carbonyl (C=O) groups is 8. The molecule has 1 fully saturated rings. The molecule has 1 rings (SSSR count). The van der Waals surface area contributed by atoms with Crippen molar-refractivity contribution in [3.63, 3.8) is 0 Å². The molecule has 22 heteroatoms. The molecule has 0 spiro atoms. The lowest BCUT2D eigenvalue weighted by molar-refractivity contribution is -0.149. The Balaban J connectivity index is 3.15. The summed E-state index contributed by atoms with van der Waals surface area (Å²) in [6.45, 7) is 5.51. The number of aliphatic hydroxyl groups is 2. The van der Waals surface area contributed by atoms with E-state index < -0.39 is 115 Å². The highest BCUT2D eigenvalue weighted by atomic mass is 16.4. The predicted octanol–water partition coefficient (Wildman–Crippen LogP) is -4.83. The van der Waals surface area contributed by atoms with Crippen LogP contribution in [0.5, 0.6) is 0 Å². The lowest BCUT2D eigenvalue weighted by Gasteiger charge is -2.30. The number of aliphatic imine (C=N–C) groups is 1. The van der Waals surface area contributed by atoms with Crippen molar-refractivity contribution in [2.45, 2.75) is 121 Å². The van der Waals surface area contributed by atoms with Gasteiger partial charge in [-0.3, -0.25) is 38.6 Å². The summed E-state index contributed by atoms with van der Waals surface area (Å²) in [5.41, 5.74) is 16.5. The molecule has 1 aliphatic rings. The van der Waals surface area contributed by atoms with Crippen LogP contribution in [0.15, 0.2) is 4.99 Å². The van der Waals surface area contributed by atoms with Crippen molar-refractivity contribution in [1.29, 1.82) is 0 Å². The first-order valence-electron chi connectivity index (χ1n) is 17.6. The number of carboxylic acids is 2. The molecule has 1 saturated heterocycles. The Morgan fingerprint density at radius 2 is 1.37 bits per heavy atom. The number of nitrogens with zero attached hydrogens (tertiary/aromatic N) is 2. The molecule has 54 heavy (non-hydrogen) atoms. The van der Waals surface area contributed by atoms with Gasteiger partial charge in [-0.2, -0.15) is 0 Å². The van der Waals surface area contributed by atoms with E-state index in [4.69, 9.17) is 17.2 Å². The third kappa shape index (κ3) is 16.3. The second-order valence-corrected chi connectivity index (χ2v) is 13.5. The summed E-state index contributed by atoms with van der Waals surface area (Å²) >= 11 is 0. The van der Waals surface area contributed by atoms with Gasteiger partial charge in [-0.1, -0.05) is 13.8 Å². The Morgan fingerprint density at radius 1 is 0.796 bits per heavy atom. The molecule has 0 unspecified atom stereocenters. The number of hydrogen-bond donors (Lipinski definition) is 12. The number of amides is 6. The first-order valence-corrected chi connectivity index (χ1v) is 17.6. The van der Waals surface area contributed by atoms with Gasteiger partial charge in [0.1, 0.15) is 30.2 Å². The molecule has 1 aliphatic heterocycles.